The van der Waals surface area contributed by atoms with Gasteiger partial charge in [0.2, 0.25) is 11.8 Å². The monoisotopic (exact) mass is 303 g/mol. The first-order chi connectivity index (χ1) is 10.3. The molecule has 1 aliphatic rings. The van der Waals surface area contributed by atoms with Crippen LogP contribution in [0, 0.1) is 5.92 Å². The molecule has 0 saturated carbocycles. The number of nitrogens with one attached hydrogen (secondary N) is 2. The minimum atomic E-state index is -0.704. The SMILES string of the molecule is CC(=O)NC1(NC(C)=O)C[C@H](c2ccccc2)N(C)C[C@H]1C. The Morgan fingerprint density at radius 1 is 1.14 bits per heavy atom. The van der Waals surface area contributed by atoms with Crippen LogP contribution in [0.25, 0.3) is 0 Å². The number of hydrogen-bond acceptors (Lipinski definition) is 3. The van der Waals surface area contributed by atoms with Gasteiger partial charge in [0.05, 0.1) is 0 Å². The Balaban J connectivity index is 2.35. The van der Waals surface area contributed by atoms with Crippen LogP contribution in [0.3, 0.4) is 0 Å². The number of rotatable bonds is 3. The minimum absolute atomic E-state index is 0.116. The fraction of sp³-hybridized carbons (Fsp3) is 0.529. The lowest BCUT2D eigenvalue weighted by molar-refractivity contribution is -0.129. The zero-order valence-electron chi connectivity index (χ0n) is 13.7. The van der Waals surface area contributed by atoms with Gasteiger partial charge in [0, 0.05) is 38.8 Å². The van der Waals surface area contributed by atoms with E-state index in [9.17, 15) is 9.59 Å². The summed E-state index contributed by atoms with van der Waals surface area (Å²) in [7, 11) is 2.08. The minimum Gasteiger partial charge on any atom is -0.333 e. The summed E-state index contributed by atoms with van der Waals surface area (Å²) in [6.07, 6.45) is 0.647. The van der Waals surface area contributed by atoms with E-state index in [4.69, 9.17) is 0 Å². The van der Waals surface area contributed by atoms with Crippen LogP contribution < -0.4 is 10.6 Å². The lowest BCUT2D eigenvalue weighted by Crippen LogP contribution is -2.68. The molecular formula is C17H25N3O2. The van der Waals surface area contributed by atoms with Gasteiger partial charge in [-0.3, -0.25) is 14.5 Å². The molecule has 1 heterocycles. The summed E-state index contributed by atoms with van der Waals surface area (Å²) in [5.41, 5.74) is 0.488. The molecule has 0 radical (unpaired) electrons. The van der Waals surface area contributed by atoms with Crippen LogP contribution in [-0.4, -0.2) is 36.0 Å². The lowest BCUT2D eigenvalue weighted by Gasteiger charge is -2.50. The van der Waals surface area contributed by atoms with Crippen molar-refractivity contribution in [3.8, 4) is 0 Å². The first-order valence-electron chi connectivity index (χ1n) is 7.67. The molecule has 2 amide bonds. The van der Waals surface area contributed by atoms with Gasteiger partial charge in [-0.15, -0.1) is 0 Å². The summed E-state index contributed by atoms with van der Waals surface area (Å²) in [6, 6.07) is 10.3. The van der Waals surface area contributed by atoms with Crippen molar-refractivity contribution in [3.05, 3.63) is 35.9 Å². The topological polar surface area (TPSA) is 61.4 Å². The molecule has 1 fully saturated rings. The average Bonchev–Trinajstić information content (AvgIpc) is 2.42. The normalized spacial score (nSPS) is 24.5. The molecule has 22 heavy (non-hydrogen) atoms. The van der Waals surface area contributed by atoms with E-state index in [-0.39, 0.29) is 23.8 Å². The van der Waals surface area contributed by atoms with Crippen molar-refractivity contribution in [2.75, 3.05) is 13.6 Å². The summed E-state index contributed by atoms with van der Waals surface area (Å²) in [5, 5.41) is 6.00. The molecule has 0 aliphatic carbocycles. The third-order valence-electron chi connectivity index (χ3n) is 4.43. The number of hydrogen-bond donors (Lipinski definition) is 2. The van der Waals surface area contributed by atoms with E-state index in [0.29, 0.717) is 6.42 Å². The lowest BCUT2D eigenvalue weighted by atomic mass is 9.80. The van der Waals surface area contributed by atoms with Gasteiger partial charge in [0.15, 0.2) is 0 Å². The second kappa shape index (κ2) is 6.48. The first kappa shape index (κ1) is 16.5. The summed E-state index contributed by atoms with van der Waals surface area (Å²) >= 11 is 0. The smallest absolute Gasteiger partial charge is 0.218 e. The number of nitrogens with zero attached hydrogens (tertiary/aromatic N) is 1. The Labute approximate surface area is 132 Å². The second-order valence-corrected chi connectivity index (χ2v) is 6.30. The van der Waals surface area contributed by atoms with Crippen molar-refractivity contribution in [3.63, 3.8) is 0 Å². The molecule has 1 saturated heterocycles. The Hall–Kier alpha value is -1.88. The van der Waals surface area contributed by atoms with E-state index in [1.54, 1.807) is 0 Å². The van der Waals surface area contributed by atoms with Crippen LogP contribution in [0.15, 0.2) is 30.3 Å². The highest BCUT2D eigenvalue weighted by Crippen LogP contribution is 2.37. The molecule has 0 aromatic heterocycles. The van der Waals surface area contributed by atoms with Crippen LogP contribution in [0.5, 0.6) is 0 Å². The first-order valence-corrected chi connectivity index (χ1v) is 7.67. The second-order valence-electron chi connectivity index (χ2n) is 6.30. The van der Waals surface area contributed by atoms with E-state index in [2.05, 4.69) is 41.6 Å². The zero-order chi connectivity index (χ0) is 16.3. The highest BCUT2D eigenvalue weighted by Gasteiger charge is 2.45. The summed E-state index contributed by atoms with van der Waals surface area (Å²) in [4.78, 5) is 25.7. The molecule has 120 valence electrons. The molecule has 2 rings (SSSR count). The van der Waals surface area contributed by atoms with Gasteiger partial charge in [-0.05, 0) is 12.6 Å². The van der Waals surface area contributed by atoms with Gasteiger partial charge in [-0.2, -0.15) is 0 Å². The van der Waals surface area contributed by atoms with Gasteiger partial charge >= 0.3 is 0 Å². The van der Waals surface area contributed by atoms with Crippen LogP contribution in [-0.2, 0) is 9.59 Å². The number of benzene rings is 1. The van der Waals surface area contributed by atoms with Crippen molar-refractivity contribution in [2.24, 2.45) is 5.92 Å². The van der Waals surface area contributed by atoms with E-state index in [1.807, 2.05) is 18.2 Å². The van der Waals surface area contributed by atoms with Gasteiger partial charge in [0.25, 0.3) is 0 Å². The molecule has 0 spiro atoms. The fourth-order valence-corrected chi connectivity index (χ4v) is 3.43. The van der Waals surface area contributed by atoms with Gasteiger partial charge in [-0.25, -0.2) is 0 Å². The molecule has 2 N–H and O–H groups in total. The number of amides is 2. The predicted molar refractivity (Wildman–Crippen MR) is 86.0 cm³/mol. The van der Waals surface area contributed by atoms with Gasteiger partial charge < -0.3 is 10.6 Å². The van der Waals surface area contributed by atoms with Crippen molar-refractivity contribution in [1.82, 2.24) is 15.5 Å². The van der Waals surface area contributed by atoms with Crippen LogP contribution >= 0.6 is 0 Å². The van der Waals surface area contributed by atoms with Crippen molar-refractivity contribution in [2.45, 2.75) is 38.9 Å². The number of carbonyl (C=O) groups is 2. The van der Waals surface area contributed by atoms with E-state index in [1.165, 1.54) is 19.4 Å². The molecule has 0 unspecified atom stereocenters. The molecular weight excluding hydrogens is 278 g/mol. The number of carbonyl (C=O) groups excluding carboxylic acids is 2. The third kappa shape index (κ3) is 3.47. The molecule has 1 aliphatic heterocycles. The average molecular weight is 303 g/mol. The summed E-state index contributed by atoms with van der Waals surface area (Å²) in [6.45, 7) is 5.84. The van der Waals surface area contributed by atoms with Gasteiger partial charge in [-0.1, -0.05) is 37.3 Å². The maximum Gasteiger partial charge on any atom is 0.218 e. The largest absolute Gasteiger partial charge is 0.333 e. The standard InChI is InChI=1S/C17H25N3O2/c1-12-11-20(4)16(15-8-6-5-7-9-15)10-17(12,18-13(2)21)19-14(3)22/h5-9,12,16H,10-11H2,1-4H3,(H,18,21)(H,19,22)/t12-,16-/m1/s1. The Morgan fingerprint density at radius 3 is 2.18 bits per heavy atom. The van der Waals surface area contributed by atoms with Gasteiger partial charge in [0.1, 0.15) is 5.66 Å². The van der Waals surface area contributed by atoms with Crippen LogP contribution in [0.4, 0.5) is 0 Å². The molecule has 0 bridgehead atoms. The predicted octanol–water partition coefficient (Wildman–Crippen LogP) is 1.67. The van der Waals surface area contributed by atoms with E-state index < -0.39 is 5.66 Å². The third-order valence-corrected chi connectivity index (χ3v) is 4.43. The van der Waals surface area contributed by atoms with Crippen LogP contribution in [0.1, 0.15) is 38.8 Å². The maximum atomic E-state index is 11.7. The van der Waals surface area contributed by atoms with Crippen LogP contribution in [0.2, 0.25) is 0 Å². The molecule has 2 atom stereocenters. The van der Waals surface area contributed by atoms with E-state index >= 15 is 0 Å². The van der Waals surface area contributed by atoms with Crippen molar-refractivity contribution >= 4 is 11.8 Å². The maximum absolute atomic E-state index is 11.7. The Kier molecular flexibility index (Phi) is 4.86. The summed E-state index contributed by atoms with van der Waals surface area (Å²) < 4.78 is 0. The molecule has 5 nitrogen and oxygen atoms in total. The van der Waals surface area contributed by atoms with Crippen molar-refractivity contribution in [1.29, 1.82) is 0 Å². The molecule has 1 aromatic carbocycles. The van der Waals surface area contributed by atoms with E-state index in [0.717, 1.165) is 6.54 Å². The Bertz CT molecular complexity index is 528. The highest BCUT2D eigenvalue weighted by molar-refractivity contribution is 5.77. The number of piperidine rings is 1. The molecule has 5 heteroatoms. The zero-order valence-corrected chi connectivity index (χ0v) is 13.7. The highest BCUT2D eigenvalue weighted by atomic mass is 16.2. The molecule has 1 aromatic rings. The van der Waals surface area contributed by atoms with Crippen molar-refractivity contribution < 1.29 is 9.59 Å². The summed E-state index contributed by atoms with van der Waals surface area (Å²) in [5.74, 6) is -0.140. The quantitative estimate of drug-likeness (QED) is 0.835. The fourth-order valence-electron chi connectivity index (χ4n) is 3.43. The Morgan fingerprint density at radius 2 is 1.68 bits per heavy atom. The number of likely N-dealkylation sites (tertiary alicyclic amines) is 1.